The maximum absolute atomic E-state index is 5.91. The fourth-order valence-electron chi connectivity index (χ4n) is 2.63. The molecule has 1 fully saturated rings. The molecule has 1 N–H and O–H groups in total. The number of piperidine rings is 1. The first-order chi connectivity index (χ1) is 9.13. The molecule has 20 heavy (non-hydrogen) atoms. The van der Waals surface area contributed by atoms with Crippen LogP contribution in [0.15, 0.2) is 24.3 Å². The topological polar surface area (TPSA) is 13.7 Å². The maximum atomic E-state index is 5.91. The Morgan fingerprint density at radius 1 is 1.25 bits per heavy atom. The quantitative estimate of drug-likeness (QED) is 0.795. The summed E-state index contributed by atoms with van der Waals surface area (Å²) in [6, 6.07) is 7.63. The van der Waals surface area contributed by atoms with E-state index in [-0.39, 0.29) is 18.5 Å². The number of likely N-dealkylation sites (tertiary alicyclic amines) is 1. The Hall–Kier alpha value is -0.440. The smallest absolute Gasteiger partial charge is 0.119 e. The van der Waals surface area contributed by atoms with Gasteiger partial charge < -0.3 is 22.0 Å². The van der Waals surface area contributed by atoms with Gasteiger partial charge in [-0.2, -0.15) is 0 Å². The predicted octanol–water partition coefficient (Wildman–Crippen LogP) is -0.184. The van der Waals surface area contributed by atoms with Crippen LogP contribution >= 0.6 is 11.6 Å². The van der Waals surface area contributed by atoms with Crippen LogP contribution in [0.25, 0.3) is 0 Å². The Labute approximate surface area is 133 Å². The molecule has 2 nitrogen and oxygen atoms in total. The number of quaternary nitrogens is 1. The van der Waals surface area contributed by atoms with Gasteiger partial charge in [0.1, 0.15) is 11.9 Å². The highest BCUT2D eigenvalue weighted by Crippen LogP contribution is 2.17. The minimum Gasteiger partial charge on any atom is -1.00 e. The molecule has 0 bridgehead atoms. The molecular formula is C16H25Cl2NO. The van der Waals surface area contributed by atoms with E-state index in [0.29, 0.717) is 0 Å². The average molecular weight is 318 g/mol. The third-order valence-electron chi connectivity index (χ3n) is 4.04. The highest BCUT2D eigenvalue weighted by Gasteiger charge is 2.19. The molecule has 2 rings (SSSR count). The van der Waals surface area contributed by atoms with Gasteiger partial charge in [0.25, 0.3) is 0 Å². The van der Waals surface area contributed by atoms with E-state index in [0.717, 1.165) is 23.1 Å². The van der Waals surface area contributed by atoms with Crippen molar-refractivity contribution >= 4 is 11.6 Å². The van der Waals surface area contributed by atoms with Gasteiger partial charge in [0, 0.05) is 11.4 Å². The van der Waals surface area contributed by atoms with Crippen LogP contribution in [0, 0.1) is 5.92 Å². The van der Waals surface area contributed by atoms with Crippen molar-refractivity contribution in [2.45, 2.75) is 39.2 Å². The van der Waals surface area contributed by atoms with Crippen molar-refractivity contribution in [2.75, 3.05) is 19.6 Å². The van der Waals surface area contributed by atoms with Crippen LogP contribution in [0.2, 0.25) is 5.02 Å². The van der Waals surface area contributed by atoms with E-state index >= 15 is 0 Å². The molecule has 1 aromatic rings. The fraction of sp³-hybridized carbons (Fsp3) is 0.625. The van der Waals surface area contributed by atoms with E-state index in [9.17, 15) is 0 Å². The first kappa shape index (κ1) is 17.6. The summed E-state index contributed by atoms with van der Waals surface area (Å²) in [7, 11) is 0. The molecule has 114 valence electrons. The third kappa shape index (κ3) is 5.90. The molecule has 0 spiro atoms. The Balaban J connectivity index is 0.00000200. The van der Waals surface area contributed by atoms with Crippen LogP contribution in [0.3, 0.4) is 0 Å². The average Bonchev–Trinajstić information content (AvgIpc) is 2.41. The zero-order valence-corrected chi connectivity index (χ0v) is 13.9. The summed E-state index contributed by atoms with van der Waals surface area (Å²) < 4.78 is 5.91. The number of hydrogen-bond donors (Lipinski definition) is 1. The first-order valence-electron chi connectivity index (χ1n) is 7.39. The lowest BCUT2D eigenvalue weighted by atomic mass is 9.99. The van der Waals surface area contributed by atoms with Crippen molar-refractivity contribution in [3.8, 4) is 5.75 Å². The molecule has 1 aliphatic rings. The molecule has 1 heterocycles. The second-order valence-electron chi connectivity index (χ2n) is 5.85. The number of hydrogen-bond acceptors (Lipinski definition) is 1. The molecule has 0 aliphatic carbocycles. The zero-order valence-electron chi connectivity index (χ0n) is 12.4. The minimum atomic E-state index is 0. The first-order valence-corrected chi connectivity index (χ1v) is 7.77. The summed E-state index contributed by atoms with van der Waals surface area (Å²) in [5, 5.41) is 0.756. The molecular weight excluding hydrogens is 293 g/mol. The number of halogens is 2. The highest BCUT2D eigenvalue weighted by molar-refractivity contribution is 6.30. The van der Waals surface area contributed by atoms with Crippen LogP contribution in [0.4, 0.5) is 0 Å². The van der Waals surface area contributed by atoms with Crippen LogP contribution in [0.5, 0.6) is 5.75 Å². The van der Waals surface area contributed by atoms with Gasteiger partial charge in [-0.05, 0) is 49.9 Å². The van der Waals surface area contributed by atoms with Crippen molar-refractivity contribution in [3.05, 3.63) is 29.3 Å². The second kappa shape index (κ2) is 8.76. The summed E-state index contributed by atoms with van der Waals surface area (Å²) >= 11 is 5.86. The summed E-state index contributed by atoms with van der Waals surface area (Å²) in [6.45, 7) is 8.40. The predicted molar refractivity (Wildman–Crippen MR) is 80.1 cm³/mol. The van der Waals surface area contributed by atoms with Crippen molar-refractivity contribution in [2.24, 2.45) is 5.92 Å². The number of rotatable bonds is 5. The Bertz CT molecular complexity index is 375. The van der Waals surface area contributed by atoms with E-state index in [1.165, 1.54) is 32.5 Å². The highest BCUT2D eigenvalue weighted by atomic mass is 35.5. The SMILES string of the molecule is CC1CC[NH+](CC[C@H](C)Oc2ccc(Cl)cc2)CC1.[Cl-]. The van der Waals surface area contributed by atoms with E-state index in [4.69, 9.17) is 16.3 Å². The number of nitrogens with one attached hydrogen (secondary N) is 1. The Kier molecular flexibility index (Phi) is 7.71. The van der Waals surface area contributed by atoms with Crippen molar-refractivity contribution in [1.29, 1.82) is 0 Å². The van der Waals surface area contributed by atoms with Gasteiger partial charge in [-0.1, -0.05) is 18.5 Å². The molecule has 1 atom stereocenters. The molecule has 0 aromatic heterocycles. The van der Waals surface area contributed by atoms with Crippen molar-refractivity contribution < 1.29 is 22.0 Å². The molecule has 0 saturated carbocycles. The minimum absolute atomic E-state index is 0. The van der Waals surface area contributed by atoms with Crippen LogP contribution in [0.1, 0.15) is 33.1 Å². The largest absolute Gasteiger partial charge is 1.00 e. The Morgan fingerprint density at radius 2 is 1.85 bits per heavy atom. The maximum Gasteiger partial charge on any atom is 0.119 e. The lowest BCUT2D eigenvalue weighted by Crippen LogP contribution is -3.13. The summed E-state index contributed by atoms with van der Waals surface area (Å²) in [6.07, 6.45) is 4.14. The van der Waals surface area contributed by atoms with Gasteiger partial charge in [-0.25, -0.2) is 0 Å². The van der Waals surface area contributed by atoms with E-state index in [1.807, 2.05) is 24.3 Å². The normalized spacial score (nSPS) is 23.8. The van der Waals surface area contributed by atoms with Gasteiger partial charge in [0.05, 0.1) is 19.6 Å². The fourth-order valence-corrected chi connectivity index (χ4v) is 2.76. The van der Waals surface area contributed by atoms with Gasteiger partial charge in [0.2, 0.25) is 0 Å². The standard InChI is InChI=1S/C16H24ClNO.ClH/c1-13-7-10-18(11-8-13)12-9-14(2)19-16-5-3-15(17)4-6-16;/h3-6,13-14H,7-12H2,1-2H3;1H/t14-;/m0./s1. The summed E-state index contributed by atoms with van der Waals surface area (Å²) in [4.78, 5) is 1.74. The summed E-state index contributed by atoms with van der Waals surface area (Å²) in [5.41, 5.74) is 0. The molecule has 1 saturated heterocycles. The van der Waals surface area contributed by atoms with Gasteiger partial charge in [-0.15, -0.1) is 0 Å². The third-order valence-corrected chi connectivity index (χ3v) is 4.29. The van der Waals surface area contributed by atoms with Crippen molar-refractivity contribution in [1.82, 2.24) is 0 Å². The monoisotopic (exact) mass is 317 g/mol. The van der Waals surface area contributed by atoms with Crippen LogP contribution in [-0.2, 0) is 0 Å². The van der Waals surface area contributed by atoms with Gasteiger partial charge in [0.15, 0.2) is 0 Å². The van der Waals surface area contributed by atoms with E-state index in [2.05, 4.69) is 13.8 Å². The van der Waals surface area contributed by atoms with Crippen LogP contribution in [-0.4, -0.2) is 25.7 Å². The second-order valence-corrected chi connectivity index (χ2v) is 6.29. The molecule has 4 heteroatoms. The lowest BCUT2D eigenvalue weighted by Gasteiger charge is -2.28. The zero-order chi connectivity index (χ0) is 13.7. The van der Waals surface area contributed by atoms with Crippen molar-refractivity contribution in [3.63, 3.8) is 0 Å². The number of ether oxygens (including phenoxy) is 1. The van der Waals surface area contributed by atoms with Crippen LogP contribution < -0.4 is 22.0 Å². The molecule has 1 aliphatic heterocycles. The molecule has 0 amide bonds. The van der Waals surface area contributed by atoms with E-state index in [1.54, 1.807) is 4.90 Å². The van der Waals surface area contributed by atoms with E-state index < -0.39 is 0 Å². The Morgan fingerprint density at radius 3 is 2.45 bits per heavy atom. The molecule has 0 radical (unpaired) electrons. The molecule has 0 unspecified atom stereocenters. The van der Waals surface area contributed by atoms with Gasteiger partial charge in [-0.3, -0.25) is 0 Å². The van der Waals surface area contributed by atoms with Gasteiger partial charge >= 0.3 is 0 Å². The summed E-state index contributed by atoms with van der Waals surface area (Å²) in [5.74, 6) is 1.84. The molecule has 1 aromatic carbocycles. The number of benzene rings is 1. The lowest BCUT2D eigenvalue weighted by molar-refractivity contribution is -0.906.